The van der Waals surface area contributed by atoms with Crippen molar-refractivity contribution in [1.29, 1.82) is 0 Å². The Morgan fingerprint density at radius 2 is 2.47 bits per heavy atom. The number of aryl methyl sites for hydroxylation is 1. The topological polar surface area (TPSA) is 66.5 Å². The third-order valence-electron chi connectivity index (χ3n) is 2.08. The zero-order valence-corrected chi connectivity index (χ0v) is 9.51. The molecule has 2 heterocycles. The first kappa shape index (κ1) is 10.1. The molecule has 0 spiro atoms. The number of aromatic nitrogens is 4. The van der Waals surface area contributed by atoms with Gasteiger partial charge in [0.15, 0.2) is 0 Å². The van der Waals surface area contributed by atoms with E-state index in [9.17, 15) is 0 Å². The predicted molar refractivity (Wildman–Crippen MR) is 59.9 cm³/mol. The highest BCUT2D eigenvalue weighted by Crippen LogP contribution is 2.20. The number of nitrogens with zero attached hydrogens (tertiary/aromatic N) is 3. The van der Waals surface area contributed by atoms with Crippen molar-refractivity contribution in [2.24, 2.45) is 0 Å². The summed E-state index contributed by atoms with van der Waals surface area (Å²) in [7, 11) is 0. The molecule has 2 rings (SSSR count). The van der Waals surface area contributed by atoms with Gasteiger partial charge in [0.2, 0.25) is 5.13 Å². The van der Waals surface area contributed by atoms with E-state index in [1.165, 1.54) is 11.5 Å². The molecule has 5 nitrogen and oxygen atoms in total. The number of hydrogen-bond donors (Lipinski definition) is 2. The average molecular weight is 223 g/mol. The van der Waals surface area contributed by atoms with E-state index in [1.54, 1.807) is 6.20 Å². The fraction of sp³-hybridized carbons (Fsp3) is 0.444. The van der Waals surface area contributed by atoms with Crippen LogP contribution in [0, 0.1) is 6.92 Å². The maximum Gasteiger partial charge on any atom is 0.203 e. The minimum absolute atomic E-state index is 0.173. The predicted octanol–water partition coefficient (Wildman–Crippen LogP) is 2.13. The highest BCUT2D eigenvalue weighted by Gasteiger charge is 2.12. The van der Waals surface area contributed by atoms with Crippen LogP contribution in [-0.4, -0.2) is 19.3 Å². The van der Waals surface area contributed by atoms with Crippen molar-refractivity contribution in [3.8, 4) is 0 Å². The van der Waals surface area contributed by atoms with E-state index in [0.29, 0.717) is 0 Å². The van der Waals surface area contributed by atoms with Crippen LogP contribution in [0.1, 0.15) is 31.0 Å². The number of aromatic amines is 1. The highest BCUT2D eigenvalue weighted by molar-refractivity contribution is 7.09. The molecular formula is C9H13N5S. The normalized spacial score (nSPS) is 12.7. The first-order chi connectivity index (χ1) is 7.29. The maximum absolute atomic E-state index is 4.26. The van der Waals surface area contributed by atoms with Gasteiger partial charge < -0.3 is 10.3 Å². The molecule has 1 unspecified atom stereocenters. The van der Waals surface area contributed by atoms with Crippen LogP contribution in [0.25, 0.3) is 0 Å². The van der Waals surface area contributed by atoms with E-state index in [-0.39, 0.29) is 6.04 Å². The van der Waals surface area contributed by atoms with Gasteiger partial charge in [-0.1, -0.05) is 6.92 Å². The molecule has 0 aliphatic carbocycles. The summed E-state index contributed by atoms with van der Waals surface area (Å²) in [5.74, 6) is 1.74. The Labute approximate surface area is 92.1 Å². The Kier molecular flexibility index (Phi) is 2.96. The van der Waals surface area contributed by atoms with E-state index < -0.39 is 0 Å². The highest BCUT2D eigenvalue weighted by atomic mass is 32.1. The van der Waals surface area contributed by atoms with Crippen LogP contribution >= 0.6 is 11.5 Å². The van der Waals surface area contributed by atoms with Crippen molar-refractivity contribution in [2.75, 3.05) is 5.32 Å². The molecule has 0 radical (unpaired) electrons. The lowest BCUT2D eigenvalue weighted by molar-refractivity contribution is 0.703. The van der Waals surface area contributed by atoms with Gasteiger partial charge in [0.25, 0.3) is 0 Å². The van der Waals surface area contributed by atoms with E-state index >= 15 is 0 Å². The van der Waals surface area contributed by atoms with Gasteiger partial charge in [0.1, 0.15) is 11.6 Å². The van der Waals surface area contributed by atoms with Crippen LogP contribution in [-0.2, 0) is 0 Å². The van der Waals surface area contributed by atoms with Crippen molar-refractivity contribution in [3.63, 3.8) is 0 Å². The van der Waals surface area contributed by atoms with Crippen LogP contribution in [0.5, 0.6) is 0 Å². The summed E-state index contributed by atoms with van der Waals surface area (Å²) in [6.07, 6.45) is 4.53. The van der Waals surface area contributed by atoms with Gasteiger partial charge >= 0.3 is 0 Å². The first-order valence-corrected chi connectivity index (χ1v) is 5.63. The Bertz CT molecular complexity index is 408. The minimum atomic E-state index is 0.173. The van der Waals surface area contributed by atoms with Crippen LogP contribution in [0.15, 0.2) is 12.4 Å². The third-order valence-corrected chi connectivity index (χ3v) is 2.82. The van der Waals surface area contributed by atoms with Gasteiger partial charge in [-0.05, 0) is 13.3 Å². The Morgan fingerprint density at radius 3 is 3.00 bits per heavy atom. The molecular weight excluding hydrogens is 210 g/mol. The molecule has 0 fully saturated rings. The van der Waals surface area contributed by atoms with Crippen LogP contribution < -0.4 is 5.32 Å². The molecule has 0 bridgehead atoms. The summed E-state index contributed by atoms with van der Waals surface area (Å²) in [6.45, 7) is 3.99. The van der Waals surface area contributed by atoms with Crippen molar-refractivity contribution < 1.29 is 0 Å². The fourth-order valence-electron chi connectivity index (χ4n) is 1.34. The van der Waals surface area contributed by atoms with Gasteiger partial charge in [-0.2, -0.15) is 4.37 Å². The molecule has 0 amide bonds. The largest absolute Gasteiger partial charge is 0.350 e. The van der Waals surface area contributed by atoms with Gasteiger partial charge in [-0.15, -0.1) is 0 Å². The number of imidazole rings is 1. The molecule has 0 aliphatic heterocycles. The summed E-state index contributed by atoms with van der Waals surface area (Å²) < 4.78 is 4.12. The quantitative estimate of drug-likeness (QED) is 0.833. The molecule has 0 saturated carbocycles. The number of rotatable bonds is 4. The van der Waals surface area contributed by atoms with Gasteiger partial charge in [0.05, 0.1) is 6.04 Å². The maximum atomic E-state index is 4.26. The zero-order valence-electron chi connectivity index (χ0n) is 8.69. The second-order valence-corrected chi connectivity index (χ2v) is 3.98. The van der Waals surface area contributed by atoms with Crippen molar-refractivity contribution in [2.45, 2.75) is 26.3 Å². The van der Waals surface area contributed by atoms with Crippen LogP contribution in [0.2, 0.25) is 0 Å². The molecule has 2 aromatic rings. The van der Waals surface area contributed by atoms with Crippen molar-refractivity contribution in [3.05, 3.63) is 24.0 Å². The molecule has 15 heavy (non-hydrogen) atoms. The molecule has 2 N–H and O–H groups in total. The molecule has 6 heteroatoms. The first-order valence-electron chi connectivity index (χ1n) is 4.85. The second kappa shape index (κ2) is 4.39. The number of H-pyrrole nitrogens is 1. The minimum Gasteiger partial charge on any atom is -0.350 e. The van der Waals surface area contributed by atoms with E-state index in [1.807, 2.05) is 13.1 Å². The number of nitrogens with one attached hydrogen (secondary N) is 2. The summed E-state index contributed by atoms with van der Waals surface area (Å²) in [6, 6.07) is 0.173. The van der Waals surface area contributed by atoms with Crippen molar-refractivity contribution >= 4 is 16.7 Å². The Balaban J connectivity index is 2.09. The second-order valence-electron chi connectivity index (χ2n) is 3.23. The summed E-state index contributed by atoms with van der Waals surface area (Å²) in [4.78, 5) is 11.6. The fourth-order valence-corrected chi connectivity index (χ4v) is 1.96. The van der Waals surface area contributed by atoms with Gasteiger partial charge in [-0.3, -0.25) is 0 Å². The smallest absolute Gasteiger partial charge is 0.203 e. The Hall–Kier alpha value is -1.43. The van der Waals surface area contributed by atoms with E-state index in [4.69, 9.17) is 0 Å². The molecule has 0 aromatic carbocycles. The molecule has 0 aliphatic rings. The van der Waals surface area contributed by atoms with E-state index in [2.05, 4.69) is 31.6 Å². The summed E-state index contributed by atoms with van der Waals surface area (Å²) >= 11 is 1.38. The van der Waals surface area contributed by atoms with E-state index in [0.717, 1.165) is 23.2 Å². The van der Waals surface area contributed by atoms with Crippen molar-refractivity contribution in [1.82, 2.24) is 19.3 Å². The average Bonchev–Trinajstić information content (AvgIpc) is 2.85. The number of anilines is 1. The lowest BCUT2D eigenvalue weighted by Crippen LogP contribution is -2.11. The summed E-state index contributed by atoms with van der Waals surface area (Å²) in [5, 5.41) is 4.15. The molecule has 1 atom stereocenters. The zero-order chi connectivity index (χ0) is 10.7. The molecule has 80 valence electrons. The molecule has 0 saturated heterocycles. The third kappa shape index (κ3) is 2.33. The SMILES string of the molecule is CCC(Nc1nc(C)ns1)c1ncc[nH]1. The Morgan fingerprint density at radius 1 is 1.60 bits per heavy atom. The summed E-state index contributed by atoms with van der Waals surface area (Å²) in [5.41, 5.74) is 0. The number of hydrogen-bond acceptors (Lipinski definition) is 5. The van der Waals surface area contributed by atoms with Crippen LogP contribution in [0.3, 0.4) is 0 Å². The van der Waals surface area contributed by atoms with Gasteiger partial charge in [-0.25, -0.2) is 9.97 Å². The lowest BCUT2D eigenvalue weighted by atomic mass is 10.2. The van der Waals surface area contributed by atoms with Gasteiger partial charge in [0, 0.05) is 23.9 Å². The molecule has 2 aromatic heterocycles. The van der Waals surface area contributed by atoms with Crippen LogP contribution in [0.4, 0.5) is 5.13 Å². The standard InChI is InChI=1S/C9H13N5S/c1-3-7(8-10-4-5-11-8)13-9-12-6(2)14-15-9/h4-5,7H,3H2,1-2H3,(H,10,11)(H,12,13,14). The monoisotopic (exact) mass is 223 g/mol. The lowest BCUT2D eigenvalue weighted by Gasteiger charge is -2.12.